The smallest absolute Gasteiger partial charge is 0.338 e. The molecule has 0 atom stereocenters. The summed E-state index contributed by atoms with van der Waals surface area (Å²) in [5.74, 6) is -0.284. The number of rotatable bonds is 7. The third-order valence-corrected chi connectivity index (χ3v) is 5.01. The Kier molecular flexibility index (Phi) is 5.66. The van der Waals surface area contributed by atoms with Gasteiger partial charge in [0.2, 0.25) is 0 Å². The van der Waals surface area contributed by atoms with Crippen LogP contribution in [0.15, 0.2) is 85.5 Å². The average molecular weight is 381 g/mol. The van der Waals surface area contributed by atoms with Crippen molar-refractivity contribution in [1.29, 1.82) is 0 Å². The minimum atomic E-state index is -0.284. The van der Waals surface area contributed by atoms with E-state index in [2.05, 4.69) is 18.7 Å². The van der Waals surface area contributed by atoms with Crippen molar-refractivity contribution in [2.75, 3.05) is 6.61 Å². The molecule has 0 amide bonds. The van der Waals surface area contributed by atoms with Crippen molar-refractivity contribution in [3.63, 3.8) is 0 Å². The number of ether oxygens (including phenoxy) is 1. The van der Waals surface area contributed by atoms with Crippen molar-refractivity contribution in [3.05, 3.63) is 91.0 Å². The maximum Gasteiger partial charge on any atom is 0.338 e. The van der Waals surface area contributed by atoms with E-state index in [4.69, 9.17) is 9.72 Å². The Morgan fingerprint density at radius 3 is 2.28 bits per heavy atom. The molecule has 3 heteroatoms. The molecule has 0 aliphatic heterocycles. The van der Waals surface area contributed by atoms with Crippen LogP contribution in [0.25, 0.3) is 32.9 Å². The molecule has 0 radical (unpaired) electrons. The van der Waals surface area contributed by atoms with Crippen molar-refractivity contribution < 1.29 is 9.53 Å². The largest absolute Gasteiger partial charge is 0.462 e. The second-order valence-electron chi connectivity index (χ2n) is 7.02. The molecule has 0 bridgehead atoms. The fourth-order valence-corrected chi connectivity index (χ4v) is 3.59. The average Bonchev–Trinajstić information content (AvgIpc) is 2.77. The Balaban J connectivity index is 1.72. The van der Waals surface area contributed by atoms with Crippen LogP contribution in [0.2, 0.25) is 0 Å². The number of carbonyl (C=O) groups is 1. The van der Waals surface area contributed by atoms with E-state index in [1.807, 2.05) is 60.7 Å². The number of pyridine rings is 1. The fourth-order valence-electron chi connectivity index (χ4n) is 3.59. The molecule has 0 spiro atoms. The van der Waals surface area contributed by atoms with E-state index in [1.54, 1.807) is 6.07 Å². The van der Waals surface area contributed by atoms with Crippen molar-refractivity contribution in [2.45, 2.75) is 19.3 Å². The molecule has 144 valence electrons. The molecule has 0 N–H and O–H groups in total. The number of hydrogen-bond donors (Lipinski definition) is 0. The minimum absolute atomic E-state index is 0.284. The Morgan fingerprint density at radius 2 is 1.59 bits per heavy atom. The third kappa shape index (κ3) is 4.04. The molecule has 0 aliphatic carbocycles. The number of hydrogen-bond acceptors (Lipinski definition) is 3. The number of esters is 1. The molecular formula is C26H23NO2. The van der Waals surface area contributed by atoms with Gasteiger partial charge in [-0.1, -0.05) is 54.6 Å². The summed E-state index contributed by atoms with van der Waals surface area (Å²) in [6.07, 6.45) is 4.65. The van der Waals surface area contributed by atoms with Crippen LogP contribution < -0.4 is 0 Å². The van der Waals surface area contributed by atoms with Gasteiger partial charge in [0, 0.05) is 16.3 Å². The first-order valence-electron chi connectivity index (χ1n) is 9.94. The van der Waals surface area contributed by atoms with E-state index in [9.17, 15) is 4.79 Å². The van der Waals surface area contributed by atoms with Gasteiger partial charge < -0.3 is 4.74 Å². The minimum Gasteiger partial charge on any atom is -0.462 e. The van der Waals surface area contributed by atoms with Gasteiger partial charge in [-0.25, -0.2) is 9.78 Å². The Bertz CT molecular complexity index is 1130. The Hall–Kier alpha value is -3.46. The molecule has 0 saturated carbocycles. The van der Waals surface area contributed by atoms with E-state index >= 15 is 0 Å². The lowest BCUT2D eigenvalue weighted by Gasteiger charge is -2.12. The number of unbranched alkanes of at least 4 members (excludes halogenated alkanes) is 2. The zero-order valence-corrected chi connectivity index (χ0v) is 16.3. The summed E-state index contributed by atoms with van der Waals surface area (Å²) < 4.78 is 5.45. The zero-order chi connectivity index (χ0) is 20.1. The summed E-state index contributed by atoms with van der Waals surface area (Å²) in [5, 5.41) is 2.14. The lowest BCUT2D eigenvalue weighted by atomic mass is 9.95. The molecule has 0 saturated heterocycles. The number of para-hydroxylation sites is 2. The third-order valence-electron chi connectivity index (χ3n) is 5.01. The van der Waals surface area contributed by atoms with E-state index in [0.717, 1.165) is 52.2 Å². The highest BCUT2D eigenvalue weighted by Gasteiger charge is 2.13. The van der Waals surface area contributed by atoms with Gasteiger partial charge in [-0.3, -0.25) is 0 Å². The summed E-state index contributed by atoms with van der Waals surface area (Å²) >= 11 is 0. The van der Waals surface area contributed by atoms with Gasteiger partial charge in [0.15, 0.2) is 0 Å². The van der Waals surface area contributed by atoms with E-state index in [0.29, 0.717) is 12.2 Å². The lowest BCUT2D eigenvalue weighted by molar-refractivity contribution is 0.0498. The number of benzene rings is 3. The normalized spacial score (nSPS) is 10.9. The zero-order valence-electron chi connectivity index (χ0n) is 16.3. The van der Waals surface area contributed by atoms with Crippen molar-refractivity contribution >= 4 is 27.8 Å². The highest BCUT2D eigenvalue weighted by molar-refractivity contribution is 6.10. The maximum atomic E-state index is 12.5. The molecule has 0 fully saturated rings. The summed E-state index contributed by atoms with van der Waals surface area (Å²) in [6.45, 7) is 4.14. The summed E-state index contributed by atoms with van der Waals surface area (Å²) in [5.41, 5.74) is 4.52. The van der Waals surface area contributed by atoms with Crippen LogP contribution in [0.4, 0.5) is 0 Å². The van der Waals surface area contributed by atoms with E-state index in [1.165, 1.54) is 0 Å². The van der Waals surface area contributed by atoms with Crippen LogP contribution in [0.5, 0.6) is 0 Å². The quantitative estimate of drug-likeness (QED) is 0.157. The number of fused-ring (bicyclic) bond motifs is 2. The van der Waals surface area contributed by atoms with Gasteiger partial charge in [0.1, 0.15) is 0 Å². The van der Waals surface area contributed by atoms with Crippen LogP contribution >= 0.6 is 0 Å². The molecule has 4 aromatic rings. The maximum absolute atomic E-state index is 12.5. The van der Waals surface area contributed by atoms with Gasteiger partial charge in [-0.2, -0.15) is 0 Å². The second-order valence-corrected chi connectivity index (χ2v) is 7.02. The molecule has 3 nitrogen and oxygen atoms in total. The second kappa shape index (κ2) is 8.70. The molecule has 4 rings (SSSR count). The van der Waals surface area contributed by atoms with Crippen LogP contribution in [-0.4, -0.2) is 17.6 Å². The first-order valence-corrected chi connectivity index (χ1v) is 9.94. The predicted molar refractivity (Wildman–Crippen MR) is 119 cm³/mol. The molecule has 3 aromatic carbocycles. The summed E-state index contributed by atoms with van der Waals surface area (Å²) in [7, 11) is 0. The monoisotopic (exact) mass is 381 g/mol. The van der Waals surface area contributed by atoms with Crippen LogP contribution in [0, 0.1) is 0 Å². The molecule has 1 aromatic heterocycles. The first-order chi connectivity index (χ1) is 14.3. The number of nitrogens with zero attached hydrogens (tertiary/aromatic N) is 1. The first kappa shape index (κ1) is 18.9. The number of allylic oxidation sites excluding steroid dienone is 1. The van der Waals surface area contributed by atoms with Gasteiger partial charge in [0.05, 0.1) is 23.2 Å². The fraction of sp³-hybridized carbons (Fsp3) is 0.154. The van der Waals surface area contributed by atoms with Gasteiger partial charge in [0.25, 0.3) is 0 Å². The van der Waals surface area contributed by atoms with Crippen LogP contribution in [0.1, 0.15) is 29.6 Å². The SMILES string of the molecule is C=CCCCCOC(=O)c1cccc(-c2c3ccccc3nc3ccccc23)c1. The molecule has 1 heterocycles. The van der Waals surface area contributed by atoms with Crippen molar-refractivity contribution in [1.82, 2.24) is 4.98 Å². The number of carbonyl (C=O) groups excluding carboxylic acids is 1. The van der Waals surface area contributed by atoms with Crippen molar-refractivity contribution in [3.8, 4) is 11.1 Å². The Morgan fingerprint density at radius 1 is 0.897 bits per heavy atom. The molecule has 29 heavy (non-hydrogen) atoms. The van der Waals surface area contributed by atoms with E-state index in [-0.39, 0.29) is 5.97 Å². The van der Waals surface area contributed by atoms with Gasteiger partial charge in [-0.15, -0.1) is 6.58 Å². The van der Waals surface area contributed by atoms with Crippen molar-refractivity contribution in [2.24, 2.45) is 0 Å². The van der Waals surface area contributed by atoms with E-state index < -0.39 is 0 Å². The topological polar surface area (TPSA) is 39.2 Å². The van der Waals surface area contributed by atoms with Crippen LogP contribution in [-0.2, 0) is 4.74 Å². The highest BCUT2D eigenvalue weighted by atomic mass is 16.5. The predicted octanol–water partition coefficient (Wildman–Crippen LogP) is 6.57. The van der Waals surface area contributed by atoms with Crippen LogP contribution in [0.3, 0.4) is 0 Å². The highest BCUT2D eigenvalue weighted by Crippen LogP contribution is 2.35. The van der Waals surface area contributed by atoms with Gasteiger partial charge in [-0.05, 0) is 49.1 Å². The lowest BCUT2D eigenvalue weighted by Crippen LogP contribution is -2.06. The van der Waals surface area contributed by atoms with Gasteiger partial charge >= 0.3 is 5.97 Å². The Labute approximate surface area is 170 Å². The molecule has 0 aliphatic rings. The number of aromatic nitrogens is 1. The molecular weight excluding hydrogens is 358 g/mol. The summed E-state index contributed by atoms with van der Waals surface area (Å²) in [6, 6.07) is 23.9. The summed E-state index contributed by atoms with van der Waals surface area (Å²) in [4.78, 5) is 17.3. The standard InChI is InChI=1S/C26H23NO2/c1-2-3-4-9-17-29-26(28)20-12-10-11-19(18-20)25-21-13-5-7-15-23(21)27-24-16-8-6-14-22(24)25/h2,5-8,10-16,18H,1,3-4,9,17H2. The molecule has 0 unspecified atom stereocenters.